The smallest absolute Gasteiger partial charge is 0.410 e. The lowest BCUT2D eigenvalue weighted by atomic mass is 9.86. The van der Waals surface area contributed by atoms with Crippen molar-refractivity contribution in [3.8, 4) is 0 Å². The Labute approximate surface area is 112 Å². The quantitative estimate of drug-likeness (QED) is 0.810. The van der Waals surface area contributed by atoms with Crippen molar-refractivity contribution < 1.29 is 14.6 Å². The Morgan fingerprint density at radius 2 is 2.11 bits per heavy atom. The molecule has 0 unspecified atom stereocenters. The van der Waals surface area contributed by atoms with Crippen LogP contribution in [-0.2, 0) is 10.3 Å². The second-order valence-electron chi connectivity index (χ2n) is 5.99. The molecule has 0 bridgehead atoms. The molecule has 1 fully saturated rings. The molecular formula is C13H21N3O3. The van der Waals surface area contributed by atoms with Crippen molar-refractivity contribution in [2.45, 2.75) is 44.8 Å². The number of carbonyl (C=O) groups excluding carboxylic acids is 1. The van der Waals surface area contributed by atoms with E-state index in [0.717, 1.165) is 5.56 Å². The fourth-order valence-electron chi connectivity index (χ4n) is 2.18. The topological polar surface area (TPSA) is 78.4 Å². The number of aromatic amines is 1. The molecule has 0 aliphatic carbocycles. The summed E-state index contributed by atoms with van der Waals surface area (Å²) in [6, 6.07) is 0. The standard InChI is InChI=1S/C13H21N3O3/c1-12(2,3)19-11(17)16-6-4-13(18,5-7-16)10-8-14-15-9-10/h8-9,18H,4-7H2,1-3H3,(H,14,15). The highest BCUT2D eigenvalue weighted by atomic mass is 16.6. The van der Waals surface area contributed by atoms with Crippen LogP contribution in [0.15, 0.2) is 12.4 Å². The van der Waals surface area contributed by atoms with E-state index in [1.54, 1.807) is 17.3 Å². The van der Waals surface area contributed by atoms with Crippen LogP contribution < -0.4 is 0 Å². The molecule has 6 heteroatoms. The molecule has 1 saturated heterocycles. The van der Waals surface area contributed by atoms with Gasteiger partial charge in [-0.3, -0.25) is 5.10 Å². The SMILES string of the molecule is CC(C)(C)OC(=O)N1CCC(O)(c2cn[nH]c2)CC1. The second kappa shape index (κ2) is 4.85. The number of nitrogens with zero attached hydrogens (tertiary/aromatic N) is 2. The Hall–Kier alpha value is -1.56. The van der Waals surface area contributed by atoms with Crippen molar-refractivity contribution in [3.05, 3.63) is 18.0 Å². The average molecular weight is 267 g/mol. The maximum atomic E-state index is 11.9. The summed E-state index contributed by atoms with van der Waals surface area (Å²) < 4.78 is 5.32. The summed E-state index contributed by atoms with van der Waals surface area (Å²) in [5, 5.41) is 17.1. The minimum absolute atomic E-state index is 0.318. The van der Waals surface area contributed by atoms with Crippen molar-refractivity contribution in [1.29, 1.82) is 0 Å². The van der Waals surface area contributed by atoms with E-state index >= 15 is 0 Å². The van der Waals surface area contributed by atoms with Crippen LogP contribution in [-0.4, -0.2) is 45.0 Å². The predicted molar refractivity (Wildman–Crippen MR) is 69.5 cm³/mol. The van der Waals surface area contributed by atoms with Gasteiger partial charge in [0.2, 0.25) is 0 Å². The fraction of sp³-hybridized carbons (Fsp3) is 0.692. The van der Waals surface area contributed by atoms with E-state index in [9.17, 15) is 9.90 Å². The molecule has 19 heavy (non-hydrogen) atoms. The molecule has 6 nitrogen and oxygen atoms in total. The Kier molecular flexibility index (Phi) is 3.54. The number of H-pyrrole nitrogens is 1. The van der Waals surface area contributed by atoms with Crippen LogP contribution in [0.3, 0.4) is 0 Å². The van der Waals surface area contributed by atoms with Crippen LogP contribution in [0.5, 0.6) is 0 Å². The van der Waals surface area contributed by atoms with E-state index in [-0.39, 0.29) is 6.09 Å². The molecule has 1 aliphatic heterocycles. The number of nitrogens with one attached hydrogen (secondary N) is 1. The van der Waals surface area contributed by atoms with Gasteiger partial charge in [0.1, 0.15) is 5.60 Å². The second-order valence-corrected chi connectivity index (χ2v) is 5.99. The first-order valence-corrected chi connectivity index (χ1v) is 6.50. The van der Waals surface area contributed by atoms with Crippen molar-refractivity contribution in [3.63, 3.8) is 0 Å². The fourth-order valence-corrected chi connectivity index (χ4v) is 2.18. The van der Waals surface area contributed by atoms with Gasteiger partial charge in [-0.25, -0.2) is 4.79 Å². The number of hydrogen-bond donors (Lipinski definition) is 2. The Bertz CT molecular complexity index is 428. The third-order valence-electron chi connectivity index (χ3n) is 3.28. The van der Waals surface area contributed by atoms with Crippen molar-refractivity contribution in [2.24, 2.45) is 0 Å². The molecular weight excluding hydrogens is 246 g/mol. The predicted octanol–water partition coefficient (Wildman–Crippen LogP) is 1.63. The lowest BCUT2D eigenvalue weighted by Gasteiger charge is -2.38. The van der Waals surface area contributed by atoms with E-state index in [4.69, 9.17) is 4.74 Å². The summed E-state index contributed by atoms with van der Waals surface area (Å²) in [6.07, 6.45) is 3.99. The van der Waals surface area contributed by atoms with E-state index < -0.39 is 11.2 Å². The molecule has 0 saturated carbocycles. The molecule has 1 amide bonds. The number of carbonyl (C=O) groups is 1. The Morgan fingerprint density at radius 1 is 1.47 bits per heavy atom. The van der Waals surface area contributed by atoms with Crippen molar-refractivity contribution in [1.82, 2.24) is 15.1 Å². The average Bonchev–Trinajstić information content (AvgIpc) is 2.81. The lowest BCUT2D eigenvalue weighted by molar-refractivity contribution is -0.0356. The molecule has 2 heterocycles. The molecule has 2 rings (SSSR count). The molecule has 0 radical (unpaired) electrons. The molecule has 1 aromatic heterocycles. The highest BCUT2D eigenvalue weighted by molar-refractivity contribution is 5.68. The van der Waals surface area contributed by atoms with Crippen LogP contribution in [0.2, 0.25) is 0 Å². The molecule has 1 aliphatic rings. The zero-order chi connectivity index (χ0) is 14.1. The van der Waals surface area contributed by atoms with Gasteiger partial charge in [-0.1, -0.05) is 0 Å². The highest BCUT2D eigenvalue weighted by Gasteiger charge is 2.37. The number of piperidine rings is 1. The van der Waals surface area contributed by atoms with Crippen LogP contribution in [0, 0.1) is 0 Å². The first-order chi connectivity index (χ1) is 8.80. The van der Waals surface area contributed by atoms with Gasteiger partial charge in [0.15, 0.2) is 0 Å². The summed E-state index contributed by atoms with van der Waals surface area (Å²) in [7, 11) is 0. The number of hydrogen-bond acceptors (Lipinski definition) is 4. The number of ether oxygens (including phenoxy) is 1. The molecule has 1 aromatic rings. The van der Waals surface area contributed by atoms with Gasteiger partial charge in [0.05, 0.1) is 11.8 Å². The van der Waals surface area contributed by atoms with Gasteiger partial charge in [-0.15, -0.1) is 0 Å². The minimum Gasteiger partial charge on any atom is -0.444 e. The molecule has 0 aromatic carbocycles. The van der Waals surface area contributed by atoms with Gasteiger partial charge >= 0.3 is 6.09 Å². The highest BCUT2D eigenvalue weighted by Crippen LogP contribution is 2.32. The monoisotopic (exact) mass is 267 g/mol. The third kappa shape index (κ3) is 3.26. The van der Waals surface area contributed by atoms with E-state index in [1.807, 2.05) is 20.8 Å². The summed E-state index contributed by atoms with van der Waals surface area (Å²) in [5.74, 6) is 0. The summed E-state index contributed by atoms with van der Waals surface area (Å²) in [6.45, 7) is 6.50. The van der Waals surface area contributed by atoms with Gasteiger partial charge in [-0.05, 0) is 33.6 Å². The largest absolute Gasteiger partial charge is 0.444 e. The normalized spacial score (nSPS) is 19.3. The van der Waals surface area contributed by atoms with Crippen LogP contribution in [0.1, 0.15) is 39.2 Å². The van der Waals surface area contributed by atoms with Gasteiger partial charge < -0.3 is 14.7 Å². The lowest BCUT2D eigenvalue weighted by Crippen LogP contribution is -2.46. The molecule has 0 atom stereocenters. The van der Waals surface area contributed by atoms with E-state index in [0.29, 0.717) is 25.9 Å². The number of rotatable bonds is 1. The minimum atomic E-state index is -0.897. The maximum Gasteiger partial charge on any atom is 0.410 e. The maximum absolute atomic E-state index is 11.9. The van der Waals surface area contributed by atoms with Crippen molar-refractivity contribution in [2.75, 3.05) is 13.1 Å². The van der Waals surface area contributed by atoms with Crippen LogP contribution in [0.25, 0.3) is 0 Å². The van der Waals surface area contributed by atoms with Crippen LogP contribution in [0.4, 0.5) is 4.79 Å². The van der Waals surface area contributed by atoms with E-state index in [2.05, 4.69) is 10.2 Å². The molecule has 106 valence electrons. The zero-order valence-electron chi connectivity index (χ0n) is 11.6. The van der Waals surface area contributed by atoms with Crippen LogP contribution >= 0.6 is 0 Å². The number of amides is 1. The summed E-state index contributed by atoms with van der Waals surface area (Å²) in [5.41, 5.74) is -0.614. The van der Waals surface area contributed by atoms with Gasteiger partial charge in [0, 0.05) is 24.8 Å². The molecule has 0 spiro atoms. The molecule has 2 N–H and O–H groups in total. The number of aromatic nitrogens is 2. The number of likely N-dealkylation sites (tertiary alicyclic amines) is 1. The first kappa shape index (κ1) is 13.9. The van der Waals surface area contributed by atoms with Gasteiger partial charge in [0.25, 0.3) is 0 Å². The van der Waals surface area contributed by atoms with Gasteiger partial charge in [-0.2, -0.15) is 5.10 Å². The van der Waals surface area contributed by atoms with E-state index in [1.165, 1.54) is 0 Å². The first-order valence-electron chi connectivity index (χ1n) is 6.50. The summed E-state index contributed by atoms with van der Waals surface area (Å²) in [4.78, 5) is 13.6. The third-order valence-corrected chi connectivity index (χ3v) is 3.28. The Morgan fingerprint density at radius 3 is 2.58 bits per heavy atom. The zero-order valence-corrected chi connectivity index (χ0v) is 11.6. The van der Waals surface area contributed by atoms with Crippen molar-refractivity contribution >= 4 is 6.09 Å². The Balaban J connectivity index is 1.94. The number of aliphatic hydroxyl groups is 1. The summed E-state index contributed by atoms with van der Waals surface area (Å²) >= 11 is 0.